The third kappa shape index (κ3) is 3.81. The minimum atomic E-state index is -4.67. The van der Waals surface area contributed by atoms with E-state index in [9.17, 15) is 27.6 Å². The zero-order chi connectivity index (χ0) is 18.2. The number of amides is 3. The predicted octanol–water partition coefficient (Wildman–Crippen LogP) is 1.51. The molecule has 1 fully saturated rings. The van der Waals surface area contributed by atoms with Crippen LogP contribution in [0.3, 0.4) is 0 Å². The molecule has 0 spiro atoms. The van der Waals surface area contributed by atoms with Crippen molar-refractivity contribution < 1.29 is 32.3 Å². The Morgan fingerprint density at radius 2 is 2.12 bits per heavy atom. The minimum absolute atomic E-state index is 0.0527. The Balaban J connectivity index is 1.86. The van der Waals surface area contributed by atoms with Gasteiger partial charge in [0.25, 0.3) is 5.91 Å². The number of benzene rings is 1. The van der Waals surface area contributed by atoms with E-state index in [0.29, 0.717) is 5.88 Å². The van der Waals surface area contributed by atoms with Crippen LogP contribution in [-0.2, 0) is 20.6 Å². The van der Waals surface area contributed by atoms with E-state index in [1.54, 1.807) is 0 Å². The van der Waals surface area contributed by atoms with Gasteiger partial charge in [-0.05, 0) is 12.1 Å². The number of fused-ring (bicyclic) bond motifs is 1. The number of halogens is 3. The number of carbonyl (C=O) groups excluding carboxylic acids is 3. The zero-order valence-electron chi connectivity index (χ0n) is 12.6. The van der Waals surface area contributed by atoms with Gasteiger partial charge in [-0.3, -0.25) is 14.4 Å². The third-order valence-corrected chi connectivity index (χ3v) is 4.42. The molecule has 3 rings (SSSR count). The van der Waals surface area contributed by atoms with Crippen molar-refractivity contribution in [2.45, 2.75) is 6.18 Å². The summed E-state index contributed by atoms with van der Waals surface area (Å²) in [6, 6.07) is 1.47. The molecule has 0 aromatic heterocycles. The van der Waals surface area contributed by atoms with Gasteiger partial charge in [0.1, 0.15) is 6.54 Å². The first-order valence-electron chi connectivity index (χ1n) is 7.07. The fourth-order valence-corrected chi connectivity index (χ4v) is 3.27. The van der Waals surface area contributed by atoms with Gasteiger partial charge in [-0.15, -0.1) is 11.8 Å². The highest BCUT2D eigenvalue weighted by Crippen LogP contribution is 2.42. The molecule has 3 amide bonds. The van der Waals surface area contributed by atoms with Crippen LogP contribution in [-0.4, -0.2) is 47.4 Å². The van der Waals surface area contributed by atoms with Gasteiger partial charge in [-0.2, -0.15) is 13.2 Å². The van der Waals surface area contributed by atoms with E-state index in [1.807, 2.05) is 0 Å². The monoisotopic (exact) mass is 375 g/mol. The summed E-state index contributed by atoms with van der Waals surface area (Å²) >= 11 is 1.34. The molecule has 2 aliphatic rings. The summed E-state index contributed by atoms with van der Waals surface area (Å²) in [6.07, 6.45) is -4.67. The Morgan fingerprint density at radius 1 is 1.36 bits per heavy atom. The first-order chi connectivity index (χ1) is 11.7. The van der Waals surface area contributed by atoms with Crippen molar-refractivity contribution >= 4 is 40.9 Å². The van der Waals surface area contributed by atoms with E-state index in [1.165, 1.54) is 16.7 Å². The SMILES string of the molecule is O=C1COc2c(cc(C(F)(F)F)cc2NC(=O)CN2CSCC2=O)N1. The van der Waals surface area contributed by atoms with E-state index in [0.717, 1.165) is 12.1 Å². The van der Waals surface area contributed by atoms with Crippen molar-refractivity contribution in [2.24, 2.45) is 0 Å². The first kappa shape index (κ1) is 17.4. The number of hydrogen-bond donors (Lipinski definition) is 2. The molecule has 7 nitrogen and oxygen atoms in total. The summed E-state index contributed by atoms with van der Waals surface area (Å²) in [7, 11) is 0. The van der Waals surface area contributed by atoms with E-state index in [4.69, 9.17) is 4.74 Å². The molecular formula is C14H12F3N3O4S. The van der Waals surface area contributed by atoms with E-state index < -0.39 is 23.6 Å². The van der Waals surface area contributed by atoms with Gasteiger partial charge in [0.15, 0.2) is 12.4 Å². The number of nitrogens with zero attached hydrogens (tertiary/aromatic N) is 1. The van der Waals surface area contributed by atoms with Gasteiger partial charge < -0.3 is 20.3 Å². The molecule has 2 N–H and O–H groups in total. The molecule has 0 saturated carbocycles. The number of rotatable bonds is 3. The molecule has 1 aromatic carbocycles. The van der Waals surface area contributed by atoms with Crippen molar-refractivity contribution in [1.29, 1.82) is 0 Å². The third-order valence-electron chi connectivity index (χ3n) is 3.47. The van der Waals surface area contributed by atoms with E-state index in [-0.39, 0.29) is 41.9 Å². The van der Waals surface area contributed by atoms with Gasteiger partial charge >= 0.3 is 6.18 Å². The molecule has 2 heterocycles. The highest BCUT2D eigenvalue weighted by molar-refractivity contribution is 8.00. The Morgan fingerprint density at radius 3 is 2.76 bits per heavy atom. The maximum absolute atomic E-state index is 13.0. The topological polar surface area (TPSA) is 87.7 Å². The number of nitrogens with one attached hydrogen (secondary N) is 2. The average Bonchev–Trinajstić information content (AvgIpc) is 2.90. The number of hydrogen-bond acceptors (Lipinski definition) is 5. The molecule has 134 valence electrons. The predicted molar refractivity (Wildman–Crippen MR) is 83.2 cm³/mol. The number of anilines is 2. The molecule has 25 heavy (non-hydrogen) atoms. The van der Waals surface area contributed by atoms with Gasteiger partial charge in [0.2, 0.25) is 11.8 Å². The van der Waals surface area contributed by atoms with Crippen LogP contribution in [0.5, 0.6) is 5.75 Å². The molecule has 0 atom stereocenters. The Hall–Kier alpha value is -2.43. The molecule has 11 heteroatoms. The van der Waals surface area contributed by atoms with Crippen molar-refractivity contribution in [3.8, 4) is 5.75 Å². The van der Waals surface area contributed by atoms with Crippen LogP contribution in [0.2, 0.25) is 0 Å². The number of thioether (sulfide) groups is 1. The van der Waals surface area contributed by atoms with Crippen molar-refractivity contribution in [1.82, 2.24) is 4.90 Å². The highest BCUT2D eigenvalue weighted by atomic mass is 32.2. The van der Waals surface area contributed by atoms with Crippen LogP contribution in [0.15, 0.2) is 12.1 Å². The quantitative estimate of drug-likeness (QED) is 0.836. The largest absolute Gasteiger partial charge is 0.479 e. The van der Waals surface area contributed by atoms with Crippen LogP contribution in [0.25, 0.3) is 0 Å². The maximum Gasteiger partial charge on any atom is 0.416 e. The first-order valence-corrected chi connectivity index (χ1v) is 8.23. The molecule has 1 saturated heterocycles. The molecular weight excluding hydrogens is 363 g/mol. The molecule has 0 unspecified atom stereocenters. The standard InChI is InChI=1S/C14H12F3N3O4S/c15-14(16,17)7-1-8(13-9(2-7)19-11(22)4-24-13)18-10(21)3-20-6-25-5-12(20)23/h1-2H,3-6H2,(H,18,21)(H,19,22). The fraction of sp³-hybridized carbons (Fsp3) is 0.357. The molecule has 2 aliphatic heterocycles. The Kier molecular flexibility index (Phi) is 4.50. The summed E-state index contributed by atoms with van der Waals surface area (Å²) in [5.74, 6) is -0.902. The molecule has 0 radical (unpaired) electrons. The lowest BCUT2D eigenvalue weighted by atomic mass is 10.1. The molecule has 0 aliphatic carbocycles. The summed E-state index contributed by atoms with van der Waals surface area (Å²) in [6.45, 7) is -0.647. The Labute approximate surface area is 143 Å². The van der Waals surface area contributed by atoms with Gasteiger partial charge in [-0.25, -0.2) is 0 Å². The summed E-state index contributed by atoms with van der Waals surface area (Å²) in [5, 5.41) is 4.61. The van der Waals surface area contributed by atoms with Crippen LogP contribution in [0.1, 0.15) is 5.56 Å². The molecule has 0 bridgehead atoms. The van der Waals surface area contributed by atoms with Crippen molar-refractivity contribution in [3.05, 3.63) is 17.7 Å². The second kappa shape index (κ2) is 6.47. The van der Waals surface area contributed by atoms with Crippen LogP contribution in [0, 0.1) is 0 Å². The number of ether oxygens (including phenoxy) is 1. The van der Waals surface area contributed by atoms with Crippen LogP contribution >= 0.6 is 11.8 Å². The summed E-state index contributed by atoms with van der Waals surface area (Å²) in [5.41, 5.74) is -1.43. The lowest BCUT2D eigenvalue weighted by Crippen LogP contribution is -2.35. The summed E-state index contributed by atoms with van der Waals surface area (Å²) in [4.78, 5) is 36.2. The maximum atomic E-state index is 13.0. The number of carbonyl (C=O) groups is 3. The van der Waals surface area contributed by atoms with Gasteiger partial charge in [-0.1, -0.05) is 0 Å². The fourth-order valence-electron chi connectivity index (χ4n) is 2.36. The second-order valence-corrected chi connectivity index (χ2v) is 6.31. The number of alkyl halides is 3. The van der Waals surface area contributed by atoms with E-state index >= 15 is 0 Å². The van der Waals surface area contributed by atoms with E-state index in [2.05, 4.69) is 10.6 Å². The normalized spacial score (nSPS) is 17.0. The smallest absolute Gasteiger partial charge is 0.416 e. The van der Waals surface area contributed by atoms with Crippen LogP contribution < -0.4 is 15.4 Å². The second-order valence-electron chi connectivity index (χ2n) is 5.35. The lowest BCUT2D eigenvalue weighted by Gasteiger charge is -2.23. The molecule has 1 aromatic rings. The Bertz CT molecular complexity index is 754. The lowest BCUT2D eigenvalue weighted by molar-refractivity contribution is -0.137. The van der Waals surface area contributed by atoms with Crippen LogP contribution in [0.4, 0.5) is 24.5 Å². The highest BCUT2D eigenvalue weighted by Gasteiger charge is 2.34. The zero-order valence-corrected chi connectivity index (χ0v) is 13.4. The van der Waals surface area contributed by atoms with Crippen molar-refractivity contribution in [2.75, 3.05) is 35.4 Å². The van der Waals surface area contributed by atoms with Gasteiger partial charge in [0, 0.05) is 0 Å². The average molecular weight is 375 g/mol. The van der Waals surface area contributed by atoms with Crippen molar-refractivity contribution in [3.63, 3.8) is 0 Å². The minimum Gasteiger partial charge on any atom is -0.479 e. The van der Waals surface area contributed by atoms with Gasteiger partial charge in [0.05, 0.1) is 28.6 Å². The summed E-state index contributed by atoms with van der Waals surface area (Å²) < 4.78 is 44.2.